The summed E-state index contributed by atoms with van der Waals surface area (Å²) in [5, 5.41) is 12.4. The molecule has 3 aromatic rings. The zero-order valence-corrected chi connectivity index (χ0v) is 25.8. The standard InChI is InChI=1S/C36H42N2O3/c1-9-37-29-17-31-27(15-25(29)21(3)19-35(37,5)6)33(23-13-11-12-14-24(23)34(39)40)28-16-26-22(4)20-36(7,8)38(10-2)30(26)18-32(28)41-31/h11-18,21-22H,9-10,19-20H2,1-8H3/p+1. The van der Waals surface area contributed by atoms with E-state index >= 15 is 0 Å². The molecule has 0 spiro atoms. The number of carboxylic acids is 1. The molecule has 0 radical (unpaired) electrons. The van der Waals surface area contributed by atoms with Gasteiger partial charge >= 0.3 is 5.97 Å². The third kappa shape index (κ3) is 4.19. The molecule has 0 aliphatic carbocycles. The zero-order valence-electron chi connectivity index (χ0n) is 25.8. The molecule has 3 aliphatic heterocycles. The molecule has 3 aliphatic rings. The van der Waals surface area contributed by atoms with Crippen molar-refractivity contribution in [3.8, 4) is 11.5 Å². The molecular formula is C36H43N2O3+. The predicted molar refractivity (Wildman–Crippen MR) is 166 cm³/mol. The average Bonchev–Trinajstić information content (AvgIpc) is 2.89. The number of ether oxygens (including phenoxy) is 1. The van der Waals surface area contributed by atoms with Gasteiger partial charge in [0.2, 0.25) is 5.36 Å². The van der Waals surface area contributed by atoms with Gasteiger partial charge in [-0.3, -0.25) is 0 Å². The maximum absolute atomic E-state index is 12.5. The van der Waals surface area contributed by atoms with Crippen molar-refractivity contribution >= 4 is 17.2 Å². The fourth-order valence-electron chi connectivity index (χ4n) is 8.22. The normalized spacial score (nSPS) is 21.8. The minimum atomic E-state index is -0.918. The Morgan fingerprint density at radius 1 is 0.951 bits per heavy atom. The molecule has 5 nitrogen and oxygen atoms in total. The van der Waals surface area contributed by atoms with Crippen LogP contribution in [0.25, 0.3) is 5.57 Å². The summed E-state index contributed by atoms with van der Waals surface area (Å²) in [6, 6.07) is 16.4. The second-order valence-electron chi connectivity index (χ2n) is 13.5. The largest absolute Gasteiger partial charge is 0.478 e. The first-order chi connectivity index (χ1) is 19.4. The first-order valence-corrected chi connectivity index (χ1v) is 15.2. The van der Waals surface area contributed by atoms with Crippen LogP contribution in [0.5, 0.6) is 11.5 Å². The quantitative estimate of drug-likeness (QED) is 0.289. The summed E-state index contributed by atoms with van der Waals surface area (Å²) >= 11 is 0. The molecule has 3 aromatic carbocycles. The van der Waals surface area contributed by atoms with E-state index in [-0.39, 0.29) is 11.1 Å². The Bertz CT molecular complexity index is 1720. The number of hydrogen-bond acceptors (Lipinski definition) is 3. The van der Waals surface area contributed by atoms with Gasteiger partial charge in [0.1, 0.15) is 18.0 Å². The molecule has 0 saturated carbocycles. The summed E-state index contributed by atoms with van der Waals surface area (Å²) < 4.78 is 9.32. The Morgan fingerprint density at radius 2 is 1.66 bits per heavy atom. The van der Waals surface area contributed by atoms with Crippen LogP contribution in [0.2, 0.25) is 0 Å². The van der Waals surface area contributed by atoms with Gasteiger partial charge in [0, 0.05) is 52.2 Å². The first kappa shape index (κ1) is 27.6. The smallest absolute Gasteiger partial charge is 0.336 e. The molecule has 5 heteroatoms. The number of benzene rings is 3. The number of aromatic carboxylic acids is 1. The van der Waals surface area contributed by atoms with E-state index in [2.05, 4.69) is 89.1 Å². The van der Waals surface area contributed by atoms with Crippen molar-refractivity contribution in [2.75, 3.05) is 18.0 Å². The van der Waals surface area contributed by atoms with Gasteiger partial charge in [-0.15, -0.1) is 0 Å². The molecular weight excluding hydrogens is 508 g/mol. The molecule has 3 heterocycles. The van der Waals surface area contributed by atoms with Crippen LogP contribution in [0.1, 0.15) is 113 Å². The Balaban J connectivity index is 1.75. The summed E-state index contributed by atoms with van der Waals surface area (Å²) in [6.45, 7) is 20.1. The Labute approximate surface area is 243 Å². The minimum absolute atomic E-state index is 0.0346. The molecule has 0 fully saturated rings. The van der Waals surface area contributed by atoms with Gasteiger partial charge in [0.05, 0.1) is 11.6 Å². The van der Waals surface area contributed by atoms with Gasteiger partial charge in [-0.1, -0.05) is 32.0 Å². The van der Waals surface area contributed by atoms with Crippen molar-refractivity contribution in [2.24, 2.45) is 0 Å². The van der Waals surface area contributed by atoms with Crippen LogP contribution in [-0.4, -0.2) is 35.2 Å². The van der Waals surface area contributed by atoms with Crippen LogP contribution in [0.3, 0.4) is 0 Å². The average molecular weight is 552 g/mol. The third-order valence-electron chi connectivity index (χ3n) is 9.79. The van der Waals surface area contributed by atoms with E-state index in [0.29, 0.717) is 17.4 Å². The predicted octanol–water partition coefficient (Wildman–Crippen LogP) is 6.65. The van der Waals surface area contributed by atoms with Crippen LogP contribution < -0.4 is 24.8 Å². The van der Waals surface area contributed by atoms with E-state index in [0.717, 1.165) is 59.3 Å². The number of carboxylic acid groups (broad SMARTS) is 1. The number of anilines is 1. The monoisotopic (exact) mass is 551 g/mol. The second-order valence-corrected chi connectivity index (χ2v) is 13.5. The first-order valence-electron chi connectivity index (χ1n) is 15.2. The zero-order chi connectivity index (χ0) is 29.4. The summed E-state index contributed by atoms with van der Waals surface area (Å²) in [7, 11) is 0. The van der Waals surface area contributed by atoms with Crippen molar-refractivity contribution in [1.82, 2.24) is 4.58 Å². The number of hydrogen-bond donors (Lipinski definition) is 1. The van der Waals surface area contributed by atoms with E-state index in [1.165, 1.54) is 22.2 Å². The van der Waals surface area contributed by atoms with Crippen LogP contribution >= 0.6 is 0 Å². The third-order valence-corrected chi connectivity index (χ3v) is 9.79. The van der Waals surface area contributed by atoms with Gasteiger partial charge in [-0.2, -0.15) is 0 Å². The van der Waals surface area contributed by atoms with Crippen LogP contribution in [0, 0.1) is 0 Å². The minimum Gasteiger partial charge on any atom is -0.478 e. The highest BCUT2D eigenvalue weighted by Crippen LogP contribution is 2.49. The van der Waals surface area contributed by atoms with Gasteiger partial charge in [0.25, 0.3) is 0 Å². The van der Waals surface area contributed by atoms with Crippen LogP contribution in [0.15, 0.2) is 48.5 Å². The topological polar surface area (TPSA) is 52.8 Å². The van der Waals surface area contributed by atoms with Crippen LogP contribution in [0.4, 0.5) is 5.69 Å². The molecule has 1 N–H and O–H groups in total. The number of fused-ring (bicyclic) bond motifs is 4. The van der Waals surface area contributed by atoms with Gasteiger partial charge in [-0.25, -0.2) is 9.37 Å². The van der Waals surface area contributed by atoms with Crippen molar-refractivity contribution in [2.45, 2.75) is 91.1 Å². The van der Waals surface area contributed by atoms with Crippen molar-refractivity contribution in [3.63, 3.8) is 0 Å². The van der Waals surface area contributed by atoms with Gasteiger partial charge in [0.15, 0.2) is 5.54 Å². The Kier molecular flexibility index (Phi) is 6.37. The lowest BCUT2D eigenvalue weighted by Gasteiger charge is -2.47. The number of nitrogens with zero attached hydrogens (tertiary/aromatic N) is 2. The highest BCUT2D eigenvalue weighted by molar-refractivity contribution is 5.98. The maximum atomic E-state index is 12.5. The molecule has 0 amide bonds. The lowest BCUT2D eigenvalue weighted by molar-refractivity contribution is 0.0696. The molecule has 0 aromatic heterocycles. The van der Waals surface area contributed by atoms with Gasteiger partial charge in [-0.05, 0) is 89.1 Å². The Morgan fingerprint density at radius 3 is 2.34 bits per heavy atom. The number of rotatable bonds is 4. The van der Waals surface area contributed by atoms with Crippen LogP contribution in [-0.2, 0) is 0 Å². The van der Waals surface area contributed by atoms with E-state index in [9.17, 15) is 9.90 Å². The Hall–Kier alpha value is -3.60. The fourth-order valence-corrected chi connectivity index (χ4v) is 8.22. The van der Waals surface area contributed by atoms with E-state index in [1.54, 1.807) is 12.1 Å². The molecule has 0 bridgehead atoms. The lowest BCUT2D eigenvalue weighted by atomic mass is 9.78. The van der Waals surface area contributed by atoms with Gasteiger partial charge < -0.3 is 14.7 Å². The maximum Gasteiger partial charge on any atom is 0.336 e. The molecule has 2 atom stereocenters. The van der Waals surface area contributed by atoms with Crippen molar-refractivity contribution < 1.29 is 14.6 Å². The summed E-state index contributed by atoms with van der Waals surface area (Å²) in [6.07, 6.45) is 2.11. The highest BCUT2D eigenvalue weighted by atomic mass is 16.5. The fraction of sp³-hybridized carbons (Fsp3) is 0.444. The van der Waals surface area contributed by atoms with E-state index in [1.807, 2.05) is 12.1 Å². The highest BCUT2D eigenvalue weighted by Gasteiger charge is 2.40. The van der Waals surface area contributed by atoms with Crippen molar-refractivity contribution in [3.05, 3.63) is 86.9 Å². The summed E-state index contributed by atoms with van der Waals surface area (Å²) in [5.74, 6) is 1.41. The molecule has 6 rings (SSSR count). The number of carbonyl (C=O) groups is 1. The molecule has 0 saturated heterocycles. The lowest BCUT2D eigenvalue weighted by Crippen LogP contribution is -2.52. The van der Waals surface area contributed by atoms with E-state index in [4.69, 9.17) is 4.74 Å². The van der Waals surface area contributed by atoms with E-state index < -0.39 is 5.97 Å². The summed E-state index contributed by atoms with van der Waals surface area (Å²) in [5.41, 5.74) is 6.85. The second kappa shape index (κ2) is 9.47. The van der Waals surface area contributed by atoms with Crippen molar-refractivity contribution in [1.29, 1.82) is 0 Å². The summed E-state index contributed by atoms with van der Waals surface area (Å²) in [4.78, 5) is 15.0. The molecule has 41 heavy (non-hydrogen) atoms. The molecule has 2 unspecified atom stereocenters. The molecule has 214 valence electrons. The SMILES string of the molecule is CCN1c2cc3c(cc2C(C)CC1(C)C)C(c1ccccc1C(=O)O)=c1cc2c(cc1O3)=[N+](CC)C(C)(C)CC2C.